The molecule has 0 bridgehead atoms. The number of nitrogen functional groups attached to an aromatic ring is 1. The van der Waals surface area contributed by atoms with Gasteiger partial charge in [0.15, 0.2) is 0 Å². The summed E-state index contributed by atoms with van der Waals surface area (Å²) in [5, 5.41) is 0. The maximum atomic E-state index is 12.3. The van der Waals surface area contributed by atoms with E-state index in [1.807, 2.05) is 19.1 Å². The topological polar surface area (TPSA) is 94.3 Å². The number of anilines is 1. The Balaban J connectivity index is 2.19. The van der Waals surface area contributed by atoms with Crippen molar-refractivity contribution in [1.82, 2.24) is 9.71 Å². The Morgan fingerprint density at radius 3 is 2.67 bits per heavy atom. The van der Waals surface area contributed by atoms with Gasteiger partial charge in [-0.2, -0.15) is 0 Å². The van der Waals surface area contributed by atoms with Gasteiger partial charge >= 0.3 is 0 Å². The molecule has 0 radical (unpaired) electrons. The van der Waals surface area contributed by atoms with Crippen LogP contribution in [0, 0.1) is 6.92 Å². The summed E-state index contributed by atoms with van der Waals surface area (Å²) in [6.45, 7) is 1.95. The highest BCUT2D eigenvalue weighted by Gasteiger charge is 2.17. The van der Waals surface area contributed by atoms with Gasteiger partial charge in [-0.3, -0.25) is 4.98 Å². The minimum absolute atomic E-state index is 0.0240. The molecular weight excluding hydrogens is 290 g/mol. The lowest BCUT2D eigenvalue weighted by Crippen LogP contribution is -2.24. The van der Waals surface area contributed by atoms with Crippen LogP contribution in [0.4, 0.5) is 5.69 Å². The number of methoxy groups -OCH3 is 1. The van der Waals surface area contributed by atoms with Gasteiger partial charge < -0.3 is 10.5 Å². The number of pyridine rings is 1. The van der Waals surface area contributed by atoms with E-state index in [-0.39, 0.29) is 17.1 Å². The highest BCUT2D eigenvalue weighted by atomic mass is 32.2. The minimum atomic E-state index is -3.70. The highest BCUT2D eigenvalue weighted by Crippen LogP contribution is 2.23. The standard InChI is InChI=1S/C14H17N3O3S/c1-10-4-3-5-11(17-10)9-16-21(18,19)14-7-6-12(20-2)8-13(14)15/h3-8,16H,9,15H2,1-2H3. The Hall–Kier alpha value is -2.12. The molecule has 7 heteroatoms. The molecule has 112 valence electrons. The number of hydrogen-bond acceptors (Lipinski definition) is 5. The van der Waals surface area contributed by atoms with Crippen molar-refractivity contribution in [3.63, 3.8) is 0 Å². The van der Waals surface area contributed by atoms with Crippen LogP contribution >= 0.6 is 0 Å². The molecule has 1 aromatic carbocycles. The van der Waals surface area contributed by atoms with Gasteiger partial charge in [-0.05, 0) is 31.2 Å². The number of hydrogen-bond donors (Lipinski definition) is 2. The summed E-state index contributed by atoms with van der Waals surface area (Å²) in [6.07, 6.45) is 0. The first-order valence-electron chi connectivity index (χ1n) is 6.28. The second-order valence-electron chi connectivity index (χ2n) is 4.50. The van der Waals surface area contributed by atoms with Crippen molar-refractivity contribution < 1.29 is 13.2 Å². The third-order valence-corrected chi connectivity index (χ3v) is 4.37. The molecule has 0 saturated heterocycles. The lowest BCUT2D eigenvalue weighted by molar-refractivity contribution is 0.414. The van der Waals surface area contributed by atoms with Gasteiger partial charge in [-0.1, -0.05) is 6.07 Å². The Kier molecular flexibility index (Phi) is 4.44. The van der Waals surface area contributed by atoms with Crippen molar-refractivity contribution in [2.24, 2.45) is 0 Å². The summed E-state index contributed by atoms with van der Waals surface area (Å²) in [4.78, 5) is 4.27. The van der Waals surface area contributed by atoms with Crippen LogP contribution in [-0.2, 0) is 16.6 Å². The summed E-state index contributed by atoms with van der Waals surface area (Å²) in [7, 11) is -2.21. The SMILES string of the molecule is COc1ccc(S(=O)(=O)NCc2cccc(C)n2)c(N)c1. The van der Waals surface area contributed by atoms with E-state index in [1.54, 1.807) is 12.1 Å². The Labute approximate surface area is 124 Å². The number of benzene rings is 1. The van der Waals surface area contributed by atoms with E-state index >= 15 is 0 Å². The summed E-state index contributed by atoms with van der Waals surface area (Å²) in [6, 6.07) is 9.87. The molecule has 0 aliphatic carbocycles. The largest absolute Gasteiger partial charge is 0.497 e. The van der Waals surface area contributed by atoms with E-state index in [4.69, 9.17) is 10.5 Å². The molecule has 0 aliphatic rings. The Morgan fingerprint density at radius 1 is 1.29 bits per heavy atom. The Bertz CT molecular complexity index is 745. The molecule has 2 rings (SSSR count). The number of rotatable bonds is 5. The predicted octanol–water partition coefficient (Wildman–Crippen LogP) is 1.46. The van der Waals surface area contributed by atoms with E-state index in [0.717, 1.165) is 5.69 Å². The zero-order valence-corrected chi connectivity index (χ0v) is 12.6. The van der Waals surface area contributed by atoms with Crippen LogP contribution in [-0.4, -0.2) is 20.5 Å². The maximum Gasteiger partial charge on any atom is 0.242 e. The first kappa shape index (κ1) is 15.3. The molecule has 1 heterocycles. The first-order valence-corrected chi connectivity index (χ1v) is 7.76. The van der Waals surface area contributed by atoms with Crippen molar-refractivity contribution >= 4 is 15.7 Å². The van der Waals surface area contributed by atoms with Crippen LogP contribution in [0.15, 0.2) is 41.3 Å². The number of sulfonamides is 1. The predicted molar refractivity (Wildman–Crippen MR) is 80.4 cm³/mol. The fourth-order valence-corrected chi connectivity index (χ4v) is 2.95. The number of nitrogens with zero attached hydrogens (tertiary/aromatic N) is 1. The molecule has 0 aliphatic heterocycles. The summed E-state index contributed by atoms with van der Waals surface area (Å²) < 4.78 is 32.0. The van der Waals surface area contributed by atoms with Gasteiger partial charge in [0.25, 0.3) is 0 Å². The van der Waals surface area contributed by atoms with E-state index in [9.17, 15) is 8.42 Å². The fraction of sp³-hybridized carbons (Fsp3) is 0.214. The molecule has 1 aromatic heterocycles. The van der Waals surface area contributed by atoms with E-state index < -0.39 is 10.0 Å². The maximum absolute atomic E-state index is 12.3. The van der Waals surface area contributed by atoms with Gasteiger partial charge in [0, 0.05) is 11.8 Å². The average molecular weight is 307 g/mol. The summed E-state index contributed by atoms with van der Waals surface area (Å²) >= 11 is 0. The molecule has 0 atom stereocenters. The minimum Gasteiger partial charge on any atom is -0.497 e. The van der Waals surface area contributed by atoms with E-state index in [0.29, 0.717) is 11.4 Å². The normalized spacial score (nSPS) is 11.3. The van der Waals surface area contributed by atoms with Crippen LogP contribution in [0.1, 0.15) is 11.4 Å². The quantitative estimate of drug-likeness (QED) is 0.816. The van der Waals surface area contributed by atoms with Crippen molar-refractivity contribution in [2.75, 3.05) is 12.8 Å². The second kappa shape index (κ2) is 6.11. The fourth-order valence-electron chi connectivity index (χ4n) is 1.84. The molecule has 0 spiro atoms. The number of nitrogens with two attached hydrogens (primary N) is 1. The van der Waals surface area contributed by atoms with Gasteiger partial charge in [0.1, 0.15) is 10.6 Å². The van der Waals surface area contributed by atoms with Gasteiger partial charge in [-0.15, -0.1) is 0 Å². The molecule has 0 saturated carbocycles. The molecule has 3 N–H and O–H groups in total. The van der Waals surface area contributed by atoms with Crippen molar-refractivity contribution in [2.45, 2.75) is 18.4 Å². The number of nitrogens with one attached hydrogen (secondary N) is 1. The van der Waals surface area contributed by atoms with Crippen LogP contribution in [0.5, 0.6) is 5.75 Å². The van der Waals surface area contributed by atoms with Crippen molar-refractivity contribution in [3.8, 4) is 5.75 Å². The highest BCUT2D eigenvalue weighted by molar-refractivity contribution is 7.89. The van der Waals surface area contributed by atoms with Crippen LogP contribution in [0.2, 0.25) is 0 Å². The van der Waals surface area contributed by atoms with E-state index in [2.05, 4.69) is 9.71 Å². The lowest BCUT2D eigenvalue weighted by atomic mass is 10.3. The van der Waals surface area contributed by atoms with Gasteiger partial charge in [-0.25, -0.2) is 13.1 Å². The zero-order chi connectivity index (χ0) is 15.5. The summed E-state index contributed by atoms with van der Waals surface area (Å²) in [5.74, 6) is 0.506. The van der Waals surface area contributed by atoms with Gasteiger partial charge in [0.2, 0.25) is 10.0 Å². The van der Waals surface area contributed by atoms with Crippen LogP contribution in [0.25, 0.3) is 0 Å². The van der Waals surface area contributed by atoms with Gasteiger partial charge in [0.05, 0.1) is 25.0 Å². The van der Waals surface area contributed by atoms with Crippen molar-refractivity contribution in [3.05, 3.63) is 47.8 Å². The number of ether oxygens (including phenoxy) is 1. The molecule has 21 heavy (non-hydrogen) atoms. The third-order valence-electron chi connectivity index (χ3n) is 2.90. The van der Waals surface area contributed by atoms with E-state index in [1.165, 1.54) is 19.2 Å². The molecule has 0 amide bonds. The second-order valence-corrected chi connectivity index (χ2v) is 6.23. The lowest BCUT2D eigenvalue weighted by Gasteiger charge is -2.10. The number of aryl methyl sites for hydroxylation is 1. The molecule has 6 nitrogen and oxygen atoms in total. The van der Waals surface area contributed by atoms with Crippen LogP contribution < -0.4 is 15.2 Å². The summed E-state index contributed by atoms with van der Waals surface area (Å²) in [5.41, 5.74) is 7.37. The van der Waals surface area contributed by atoms with Crippen LogP contribution in [0.3, 0.4) is 0 Å². The number of aromatic nitrogens is 1. The smallest absolute Gasteiger partial charge is 0.242 e. The van der Waals surface area contributed by atoms with Crippen molar-refractivity contribution in [1.29, 1.82) is 0 Å². The zero-order valence-electron chi connectivity index (χ0n) is 11.8. The molecular formula is C14H17N3O3S. The monoisotopic (exact) mass is 307 g/mol. The first-order chi connectivity index (χ1) is 9.92. The third kappa shape index (κ3) is 3.71. The molecule has 2 aromatic rings. The molecule has 0 unspecified atom stereocenters. The Morgan fingerprint density at radius 2 is 2.05 bits per heavy atom. The molecule has 0 fully saturated rings. The average Bonchev–Trinajstić information content (AvgIpc) is 2.45.